The minimum absolute atomic E-state index is 0. The lowest BCUT2D eigenvalue weighted by atomic mass is 10.2. The van der Waals surface area contributed by atoms with E-state index in [4.69, 9.17) is 5.73 Å². The van der Waals surface area contributed by atoms with Gasteiger partial charge in [0, 0.05) is 33.8 Å². The molecule has 1 aromatic carbocycles. The molecular weight excluding hydrogens is 284 g/mol. The van der Waals surface area contributed by atoms with Crippen molar-refractivity contribution in [1.29, 1.82) is 0 Å². The summed E-state index contributed by atoms with van der Waals surface area (Å²) in [4.78, 5) is 5.64. The summed E-state index contributed by atoms with van der Waals surface area (Å²) in [6.07, 6.45) is 2.87. The summed E-state index contributed by atoms with van der Waals surface area (Å²) in [5.41, 5.74) is 7.17. The van der Waals surface area contributed by atoms with Crippen LogP contribution >= 0.6 is 35.5 Å². The summed E-state index contributed by atoms with van der Waals surface area (Å²) in [7, 11) is 0. The van der Waals surface area contributed by atoms with E-state index in [0.29, 0.717) is 0 Å². The summed E-state index contributed by atoms with van der Waals surface area (Å²) in [6, 6.07) is 8.66. The zero-order valence-electron chi connectivity index (χ0n) is 10.2. The van der Waals surface area contributed by atoms with Crippen LogP contribution in [0.1, 0.15) is 13.3 Å². The maximum Gasteiger partial charge on any atom is 0.124 e. The second-order valence-electron chi connectivity index (χ2n) is 3.81. The van der Waals surface area contributed by atoms with Gasteiger partial charge in [0.15, 0.2) is 0 Å². The van der Waals surface area contributed by atoms with E-state index in [9.17, 15) is 0 Å². The minimum atomic E-state index is 0. The summed E-state index contributed by atoms with van der Waals surface area (Å²) >= 11 is 3.49. The van der Waals surface area contributed by atoms with Gasteiger partial charge in [-0.15, -0.1) is 35.5 Å². The summed E-state index contributed by atoms with van der Waals surface area (Å²) in [5.74, 6) is 0.957. The molecule has 0 saturated carbocycles. The SMILES string of the molecule is CC[C@H](N)CSc1ccccc1-c1nccs1.Cl. The highest BCUT2D eigenvalue weighted by atomic mass is 35.5. The van der Waals surface area contributed by atoms with Crippen molar-refractivity contribution < 1.29 is 0 Å². The van der Waals surface area contributed by atoms with Gasteiger partial charge >= 0.3 is 0 Å². The molecule has 5 heteroatoms. The van der Waals surface area contributed by atoms with Crippen LogP contribution in [0.5, 0.6) is 0 Å². The van der Waals surface area contributed by atoms with Crippen molar-refractivity contribution in [3.63, 3.8) is 0 Å². The Kier molecular flexibility index (Phi) is 6.71. The number of rotatable bonds is 5. The predicted molar refractivity (Wildman–Crippen MR) is 83.8 cm³/mol. The number of hydrogen-bond acceptors (Lipinski definition) is 4. The standard InChI is InChI=1S/C13H16N2S2.ClH/c1-2-10(14)9-17-12-6-4-3-5-11(12)13-15-7-8-16-13;/h3-8,10H,2,9,14H2,1H3;1H/t10-;/m0./s1. The summed E-state index contributed by atoms with van der Waals surface area (Å²) in [5, 5.41) is 3.09. The Bertz CT molecular complexity index is 460. The number of thiazole rings is 1. The molecule has 0 saturated heterocycles. The van der Waals surface area contributed by atoms with Gasteiger partial charge in [0.05, 0.1) is 0 Å². The van der Waals surface area contributed by atoms with Gasteiger partial charge in [0.25, 0.3) is 0 Å². The van der Waals surface area contributed by atoms with Crippen LogP contribution in [-0.4, -0.2) is 16.8 Å². The number of halogens is 1. The molecule has 2 nitrogen and oxygen atoms in total. The van der Waals surface area contributed by atoms with Crippen molar-refractivity contribution in [2.45, 2.75) is 24.3 Å². The van der Waals surface area contributed by atoms with Crippen LogP contribution < -0.4 is 5.73 Å². The molecule has 1 aromatic heterocycles. The Morgan fingerprint density at radius 2 is 2.17 bits per heavy atom. The highest BCUT2D eigenvalue weighted by Gasteiger charge is 2.08. The van der Waals surface area contributed by atoms with E-state index in [-0.39, 0.29) is 18.4 Å². The molecule has 0 unspecified atom stereocenters. The fraction of sp³-hybridized carbons (Fsp3) is 0.308. The molecule has 0 spiro atoms. The second-order valence-corrected chi connectivity index (χ2v) is 5.77. The first-order valence-corrected chi connectivity index (χ1v) is 7.55. The van der Waals surface area contributed by atoms with Crippen LogP contribution in [0.2, 0.25) is 0 Å². The number of benzene rings is 1. The van der Waals surface area contributed by atoms with E-state index in [0.717, 1.165) is 17.2 Å². The van der Waals surface area contributed by atoms with E-state index in [1.54, 1.807) is 11.3 Å². The van der Waals surface area contributed by atoms with E-state index in [1.807, 2.05) is 23.3 Å². The topological polar surface area (TPSA) is 38.9 Å². The third kappa shape index (κ3) is 3.99. The van der Waals surface area contributed by atoms with Crippen LogP contribution in [0.25, 0.3) is 10.6 Å². The van der Waals surface area contributed by atoms with Gasteiger partial charge in [0.2, 0.25) is 0 Å². The maximum atomic E-state index is 5.96. The molecule has 0 radical (unpaired) electrons. The molecule has 1 atom stereocenters. The third-order valence-corrected chi connectivity index (χ3v) is 4.60. The number of nitrogens with two attached hydrogens (primary N) is 1. The highest BCUT2D eigenvalue weighted by Crippen LogP contribution is 2.32. The first kappa shape index (κ1) is 15.5. The van der Waals surface area contributed by atoms with E-state index in [2.05, 4.69) is 36.2 Å². The summed E-state index contributed by atoms with van der Waals surface area (Å²) < 4.78 is 0. The molecule has 0 amide bonds. The second kappa shape index (κ2) is 7.79. The smallest absolute Gasteiger partial charge is 0.124 e. The number of hydrogen-bond donors (Lipinski definition) is 1. The van der Waals surface area contributed by atoms with E-state index in [1.165, 1.54) is 10.5 Å². The van der Waals surface area contributed by atoms with Crippen molar-refractivity contribution in [2.24, 2.45) is 5.73 Å². The normalized spacial score (nSPS) is 11.9. The average molecular weight is 301 g/mol. The molecule has 0 aliphatic carbocycles. The lowest BCUT2D eigenvalue weighted by Crippen LogP contribution is -2.21. The lowest BCUT2D eigenvalue weighted by molar-refractivity contribution is 0.725. The van der Waals surface area contributed by atoms with Crippen molar-refractivity contribution in [2.75, 3.05) is 5.75 Å². The molecule has 18 heavy (non-hydrogen) atoms. The first-order valence-electron chi connectivity index (χ1n) is 5.68. The van der Waals surface area contributed by atoms with Gasteiger partial charge in [-0.05, 0) is 12.5 Å². The molecule has 2 N–H and O–H groups in total. The Morgan fingerprint density at radius 3 is 2.83 bits per heavy atom. The molecule has 0 aliphatic rings. The third-order valence-electron chi connectivity index (χ3n) is 2.53. The van der Waals surface area contributed by atoms with Crippen molar-refractivity contribution in [1.82, 2.24) is 4.98 Å². The van der Waals surface area contributed by atoms with Crippen LogP contribution in [0, 0.1) is 0 Å². The highest BCUT2D eigenvalue weighted by molar-refractivity contribution is 7.99. The Morgan fingerprint density at radius 1 is 1.39 bits per heavy atom. The Balaban J connectivity index is 0.00000162. The number of nitrogens with zero attached hydrogens (tertiary/aromatic N) is 1. The van der Waals surface area contributed by atoms with E-state index < -0.39 is 0 Å². The molecule has 0 aliphatic heterocycles. The van der Waals surface area contributed by atoms with Gasteiger partial charge in [0.1, 0.15) is 5.01 Å². The fourth-order valence-corrected chi connectivity index (χ4v) is 3.31. The first-order chi connectivity index (χ1) is 8.31. The monoisotopic (exact) mass is 300 g/mol. The van der Waals surface area contributed by atoms with Crippen LogP contribution in [0.4, 0.5) is 0 Å². The maximum absolute atomic E-state index is 5.96. The van der Waals surface area contributed by atoms with Crippen molar-refractivity contribution in [3.8, 4) is 10.6 Å². The largest absolute Gasteiger partial charge is 0.327 e. The van der Waals surface area contributed by atoms with Gasteiger partial charge in [-0.2, -0.15) is 0 Å². The number of thioether (sulfide) groups is 1. The molecule has 0 fully saturated rings. The van der Waals surface area contributed by atoms with Gasteiger partial charge in [-0.3, -0.25) is 0 Å². The van der Waals surface area contributed by atoms with Crippen LogP contribution in [0.15, 0.2) is 40.7 Å². The zero-order chi connectivity index (χ0) is 12.1. The van der Waals surface area contributed by atoms with Gasteiger partial charge in [-0.1, -0.05) is 25.1 Å². The minimum Gasteiger partial charge on any atom is -0.327 e. The van der Waals surface area contributed by atoms with Crippen LogP contribution in [-0.2, 0) is 0 Å². The Labute approximate surface area is 122 Å². The molecule has 0 bridgehead atoms. The number of aromatic nitrogens is 1. The van der Waals surface area contributed by atoms with Crippen molar-refractivity contribution >= 4 is 35.5 Å². The molecular formula is C13H17ClN2S2. The molecule has 1 heterocycles. The van der Waals surface area contributed by atoms with Crippen LogP contribution in [0.3, 0.4) is 0 Å². The molecule has 2 rings (SSSR count). The average Bonchev–Trinajstić information content (AvgIpc) is 2.90. The van der Waals surface area contributed by atoms with Gasteiger partial charge in [-0.25, -0.2) is 4.98 Å². The lowest BCUT2D eigenvalue weighted by Gasteiger charge is -2.10. The van der Waals surface area contributed by atoms with Crippen molar-refractivity contribution in [3.05, 3.63) is 35.8 Å². The Hall–Kier alpha value is -0.550. The predicted octanol–water partition coefficient (Wildman–Crippen LogP) is 4.06. The van der Waals surface area contributed by atoms with Gasteiger partial charge < -0.3 is 5.73 Å². The fourth-order valence-electron chi connectivity index (χ4n) is 1.44. The quantitative estimate of drug-likeness (QED) is 0.846. The molecule has 98 valence electrons. The summed E-state index contributed by atoms with van der Waals surface area (Å²) in [6.45, 7) is 2.12. The molecule has 2 aromatic rings. The van der Waals surface area contributed by atoms with E-state index >= 15 is 0 Å². The zero-order valence-corrected chi connectivity index (χ0v) is 12.7.